The zero-order valence-electron chi connectivity index (χ0n) is 8.05. The van der Waals surface area contributed by atoms with Gasteiger partial charge in [0.05, 0.1) is 0 Å². The zero-order valence-corrected chi connectivity index (χ0v) is 8.86. The van der Waals surface area contributed by atoms with E-state index in [1.807, 2.05) is 18.4 Å². The Kier molecular flexibility index (Phi) is 2.73. The van der Waals surface area contributed by atoms with Gasteiger partial charge in [-0.25, -0.2) is 0 Å². The summed E-state index contributed by atoms with van der Waals surface area (Å²) in [6.45, 7) is 9.10. The highest BCUT2D eigenvalue weighted by Crippen LogP contribution is 2.10. The zero-order chi connectivity index (χ0) is 9.30. The number of hydrogen-bond donors (Lipinski definition) is 0. The summed E-state index contributed by atoms with van der Waals surface area (Å²) in [5, 5.41) is 0. The van der Waals surface area contributed by atoms with Gasteiger partial charge >= 0.3 is 4.87 Å². The van der Waals surface area contributed by atoms with Crippen molar-refractivity contribution in [1.29, 1.82) is 0 Å². The van der Waals surface area contributed by atoms with Crippen LogP contribution < -0.4 is 4.87 Å². The van der Waals surface area contributed by atoms with Gasteiger partial charge < -0.3 is 4.57 Å². The maximum atomic E-state index is 11.4. The quantitative estimate of drug-likeness (QED) is 0.692. The van der Waals surface area contributed by atoms with Crippen molar-refractivity contribution in [2.75, 3.05) is 0 Å². The SMILES string of the molecule is Cc1sc(=O)n(CC(C)C)c1C. The maximum absolute atomic E-state index is 11.4. The van der Waals surface area contributed by atoms with Crippen LogP contribution in [-0.2, 0) is 6.54 Å². The van der Waals surface area contributed by atoms with Gasteiger partial charge in [0.2, 0.25) is 0 Å². The lowest BCUT2D eigenvalue weighted by molar-refractivity contribution is 0.509. The van der Waals surface area contributed by atoms with E-state index in [0.717, 1.165) is 17.1 Å². The minimum Gasteiger partial charge on any atom is -0.303 e. The van der Waals surface area contributed by atoms with Crippen molar-refractivity contribution in [1.82, 2.24) is 4.57 Å². The average molecular weight is 185 g/mol. The molecular formula is C9H15NOS. The van der Waals surface area contributed by atoms with E-state index in [0.29, 0.717) is 5.92 Å². The summed E-state index contributed by atoms with van der Waals surface area (Å²) in [6, 6.07) is 0. The van der Waals surface area contributed by atoms with Crippen LogP contribution >= 0.6 is 11.3 Å². The summed E-state index contributed by atoms with van der Waals surface area (Å²) in [7, 11) is 0. The van der Waals surface area contributed by atoms with Crippen LogP contribution in [0.2, 0.25) is 0 Å². The molecule has 1 rings (SSSR count). The molecule has 1 heterocycles. The van der Waals surface area contributed by atoms with E-state index in [-0.39, 0.29) is 4.87 Å². The molecule has 2 nitrogen and oxygen atoms in total. The van der Waals surface area contributed by atoms with Crippen LogP contribution in [0.4, 0.5) is 0 Å². The summed E-state index contributed by atoms with van der Waals surface area (Å²) in [4.78, 5) is 12.7. The molecule has 0 saturated carbocycles. The van der Waals surface area contributed by atoms with Gasteiger partial charge in [0.15, 0.2) is 0 Å². The summed E-state index contributed by atoms with van der Waals surface area (Å²) in [6.07, 6.45) is 0. The fourth-order valence-corrected chi connectivity index (χ4v) is 2.01. The van der Waals surface area contributed by atoms with E-state index in [1.165, 1.54) is 11.3 Å². The molecule has 0 radical (unpaired) electrons. The highest BCUT2D eigenvalue weighted by Gasteiger charge is 2.07. The third-order valence-electron chi connectivity index (χ3n) is 1.92. The molecular weight excluding hydrogens is 170 g/mol. The number of aryl methyl sites for hydroxylation is 1. The Morgan fingerprint density at radius 1 is 1.42 bits per heavy atom. The average Bonchev–Trinajstić information content (AvgIpc) is 2.16. The number of aromatic nitrogens is 1. The fraction of sp³-hybridized carbons (Fsp3) is 0.667. The molecule has 0 amide bonds. The van der Waals surface area contributed by atoms with Crippen LogP contribution in [0.15, 0.2) is 4.79 Å². The molecule has 0 unspecified atom stereocenters. The van der Waals surface area contributed by atoms with Crippen LogP contribution in [0, 0.1) is 19.8 Å². The lowest BCUT2D eigenvalue weighted by Gasteiger charge is -2.06. The van der Waals surface area contributed by atoms with Crippen molar-refractivity contribution in [3.63, 3.8) is 0 Å². The molecule has 0 fully saturated rings. The van der Waals surface area contributed by atoms with Gasteiger partial charge in [0.1, 0.15) is 0 Å². The highest BCUT2D eigenvalue weighted by atomic mass is 32.1. The van der Waals surface area contributed by atoms with Crippen molar-refractivity contribution in [2.24, 2.45) is 5.92 Å². The van der Waals surface area contributed by atoms with Crippen molar-refractivity contribution >= 4 is 11.3 Å². The van der Waals surface area contributed by atoms with E-state index in [9.17, 15) is 4.79 Å². The Morgan fingerprint density at radius 3 is 2.33 bits per heavy atom. The van der Waals surface area contributed by atoms with Crippen LogP contribution in [0.1, 0.15) is 24.4 Å². The second-order valence-electron chi connectivity index (χ2n) is 3.51. The van der Waals surface area contributed by atoms with E-state index >= 15 is 0 Å². The number of rotatable bonds is 2. The van der Waals surface area contributed by atoms with Gasteiger partial charge in [-0.15, -0.1) is 0 Å². The summed E-state index contributed by atoms with van der Waals surface area (Å²) in [5.41, 5.74) is 1.12. The van der Waals surface area contributed by atoms with E-state index in [4.69, 9.17) is 0 Å². The monoisotopic (exact) mass is 185 g/mol. The Morgan fingerprint density at radius 2 is 2.00 bits per heavy atom. The third-order valence-corrected chi connectivity index (χ3v) is 2.92. The lowest BCUT2D eigenvalue weighted by atomic mass is 10.2. The lowest BCUT2D eigenvalue weighted by Crippen LogP contribution is -2.17. The van der Waals surface area contributed by atoms with Crippen molar-refractivity contribution in [2.45, 2.75) is 34.2 Å². The van der Waals surface area contributed by atoms with Gasteiger partial charge in [0.25, 0.3) is 0 Å². The molecule has 12 heavy (non-hydrogen) atoms. The summed E-state index contributed by atoms with van der Waals surface area (Å²) < 4.78 is 1.87. The van der Waals surface area contributed by atoms with Crippen LogP contribution in [-0.4, -0.2) is 4.57 Å². The van der Waals surface area contributed by atoms with Crippen LogP contribution in [0.5, 0.6) is 0 Å². The molecule has 3 heteroatoms. The second-order valence-corrected chi connectivity index (χ2v) is 4.68. The summed E-state index contributed by atoms with van der Waals surface area (Å²) >= 11 is 1.35. The topological polar surface area (TPSA) is 22.0 Å². The normalized spacial score (nSPS) is 11.1. The minimum absolute atomic E-state index is 0.179. The molecule has 0 aliphatic carbocycles. The Balaban J connectivity index is 3.06. The predicted octanol–water partition coefficient (Wildman–Crippen LogP) is 2.18. The van der Waals surface area contributed by atoms with Crippen LogP contribution in [0.3, 0.4) is 0 Å². The molecule has 0 aliphatic heterocycles. The third kappa shape index (κ3) is 1.78. The molecule has 1 aromatic heterocycles. The van der Waals surface area contributed by atoms with Crippen molar-refractivity contribution in [3.8, 4) is 0 Å². The Bertz CT molecular complexity index is 322. The first-order valence-corrected chi connectivity index (χ1v) is 5.01. The first-order chi connectivity index (χ1) is 5.52. The summed E-state index contributed by atoms with van der Waals surface area (Å²) in [5.74, 6) is 0.537. The first-order valence-electron chi connectivity index (χ1n) is 4.19. The molecule has 0 aromatic carbocycles. The number of hydrogen-bond acceptors (Lipinski definition) is 2. The molecule has 0 aliphatic rings. The molecule has 0 saturated heterocycles. The van der Waals surface area contributed by atoms with E-state index < -0.39 is 0 Å². The van der Waals surface area contributed by atoms with Gasteiger partial charge in [0, 0.05) is 17.1 Å². The van der Waals surface area contributed by atoms with Gasteiger partial charge in [-0.05, 0) is 19.8 Å². The highest BCUT2D eigenvalue weighted by molar-refractivity contribution is 7.09. The number of thiazole rings is 1. The molecule has 0 spiro atoms. The standard InChI is InChI=1S/C9H15NOS/c1-6(2)5-10-7(3)8(4)12-9(10)11/h6H,5H2,1-4H3. The molecule has 0 N–H and O–H groups in total. The van der Waals surface area contributed by atoms with Gasteiger partial charge in [-0.1, -0.05) is 25.2 Å². The van der Waals surface area contributed by atoms with E-state index in [2.05, 4.69) is 13.8 Å². The molecule has 1 aromatic rings. The smallest absolute Gasteiger partial charge is 0.303 e. The van der Waals surface area contributed by atoms with Gasteiger partial charge in [-0.2, -0.15) is 0 Å². The van der Waals surface area contributed by atoms with E-state index in [1.54, 1.807) is 0 Å². The van der Waals surface area contributed by atoms with Crippen molar-refractivity contribution in [3.05, 3.63) is 20.2 Å². The maximum Gasteiger partial charge on any atom is 0.307 e. The number of nitrogens with zero attached hydrogens (tertiary/aromatic N) is 1. The minimum atomic E-state index is 0.179. The molecule has 68 valence electrons. The second kappa shape index (κ2) is 3.44. The Labute approximate surface area is 76.9 Å². The molecule has 0 bridgehead atoms. The Hall–Kier alpha value is -0.570. The van der Waals surface area contributed by atoms with Gasteiger partial charge in [-0.3, -0.25) is 4.79 Å². The first kappa shape index (κ1) is 9.52. The largest absolute Gasteiger partial charge is 0.307 e. The van der Waals surface area contributed by atoms with Crippen LogP contribution in [0.25, 0.3) is 0 Å². The van der Waals surface area contributed by atoms with Crippen molar-refractivity contribution < 1.29 is 0 Å². The fourth-order valence-electron chi connectivity index (χ4n) is 1.16. The predicted molar refractivity (Wildman–Crippen MR) is 52.9 cm³/mol. The molecule has 0 atom stereocenters.